The van der Waals surface area contributed by atoms with Gasteiger partial charge in [0.25, 0.3) is 0 Å². The number of aromatic nitrogens is 1. The number of hydrogen-bond acceptors (Lipinski definition) is 3. The van der Waals surface area contributed by atoms with E-state index in [0.717, 1.165) is 19.3 Å². The first-order valence-corrected chi connectivity index (χ1v) is 6.84. The Morgan fingerprint density at radius 1 is 1.44 bits per heavy atom. The van der Waals surface area contributed by atoms with Crippen molar-refractivity contribution in [2.45, 2.75) is 38.7 Å². The molecule has 0 amide bonds. The molecule has 1 fully saturated rings. The molecule has 0 saturated heterocycles. The highest BCUT2D eigenvalue weighted by Gasteiger charge is 2.23. The van der Waals surface area contributed by atoms with Crippen LogP contribution in [0.5, 0.6) is 0 Å². The predicted octanol–water partition coefficient (Wildman–Crippen LogP) is 4.12. The van der Waals surface area contributed by atoms with E-state index in [4.69, 9.17) is 27.9 Å². The Hall–Kier alpha value is -0.800. The number of halogens is 2. The molecule has 2 atom stereocenters. The maximum atomic E-state index is 12.0. The monoisotopic (exact) mass is 287 g/mol. The average molecular weight is 288 g/mol. The number of ether oxygens (including phenoxy) is 1. The summed E-state index contributed by atoms with van der Waals surface area (Å²) in [5, 5.41) is 0.511. The van der Waals surface area contributed by atoms with Crippen LogP contribution in [-0.4, -0.2) is 17.1 Å². The van der Waals surface area contributed by atoms with Crippen molar-refractivity contribution in [2.75, 3.05) is 0 Å². The van der Waals surface area contributed by atoms with E-state index in [-0.39, 0.29) is 21.8 Å². The molecule has 1 heterocycles. The van der Waals surface area contributed by atoms with Crippen molar-refractivity contribution in [3.8, 4) is 0 Å². The van der Waals surface area contributed by atoms with Crippen molar-refractivity contribution >= 4 is 29.2 Å². The summed E-state index contributed by atoms with van der Waals surface area (Å²) in [6.07, 6.45) is 5.50. The van der Waals surface area contributed by atoms with Crippen LogP contribution >= 0.6 is 23.2 Å². The van der Waals surface area contributed by atoms with E-state index in [1.54, 1.807) is 0 Å². The van der Waals surface area contributed by atoms with Crippen LogP contribution in [0.4, 0.5) is 0 Å². The van der Waals surface area contributed by atoms with E-state index in [0.29, 0.717) is 5.92 Å². The Morgan fingerprint density at radius 3 is 2.94 bits per heavy atom. The average Bonchev–Trinajstić information content (AvgIpc) is 2.32. The maximum absolute atomic E-state index is 12.0. The van der Waals surface area contributed by atoms with Gasteiger partial charge in [-0.3, -0.25) is 0 Å². The Balaban J connectivity index is 2.05. The van der Waals surface area contributed by atoms with E-state index in [2.05, 4.69) is 11.9 Å². The number of rotatable bonds is 2. The molecule has 1 aliphatic rings. The Bertz CT molecular complexity index is 451. The summed E-state index contributed by atoms with van der Waals surface area (Å²) >= 11 is 11.7. The first kappa shape index (κ1) is 13.6. The van der Waals surface area contributed by atoms with Gasteiger partial charge in [0.15, 0.2) is 0 Å². The molecule has 18 heavy (non-hydrogen) atoms. The third-order valence-electron chi connectivity index (χ3n) is 3.20. The van der Waals surface area contributed by atoms with Crippen LogP contribution in [0.25, 0.3) is 0 Å². The molecule has 2 rings (SSSR count). The molecule has 1 aromatic heterocycles. The van der Waals surface area contributed by atoms with Gasteiger partial charge in [-0.05, 0) is 31.2 Å². The van der Waals surface area contributed by atoms with Gasteiger partial charge in [0.2, 0.25) is 0 Å². The molecular weight excluding hydrogens is 273 g/mol. The molecule has 0 aromatic carbocycles. The number of pyridine rings is 1. The SMILES string of the molecule is CC1CCCC(OC(=O)c2cc(Cl)ncc2Cl)C1. The summed E-state index contributed by atoms with van der Waals surface area (Å²) in [4.78, 5) is 15.8. The van der Waals surface area contributed by atoms with Gasteiger partial charge in [-0.15, -0.1) is 0 Å². The maximum Gasteiger partial charge on any atom is 0.340 e. The zero-order valence-corrected chi connectivity index (χ0v) is 11.7. The van der Waals surface area contributed by atoms with Crippen molar-refractivity contribution in [3.63, 3.8) is 0 Å². The van der Waals surface area contributed by atoms with Crippen LogP contribution in [0.15, 0.2) is 12.3 Å². The number of hydrogen-bond donors (Lipinski definition) is 0. The van der Waals surface area contributed by atoms with Gasteiger partial charge >= 0.3 is 5.97 Å². The third-order valence-corrected chi connectivity index (χ3v) is 3.71. The first-order valence-electron chi connectivity index (χ1n) is 6.08. The van der Waals surface area contributed by atoms with E-state index < -0.39 is 5.97 Å². The first-order chi connectivity index (χ1) is 8.56. The highest BCUT2D eigenvalue weighted by Crippen LogP contribution is 2.27. The lowest BCUT2D eigenvalue weighted by atomic mass is 9.89. The fourth-order valence-corrected chi connectivity index (χ4v) is 2.61. The van der Waals surface area contributed by atoms with E-state index in [1.807, 2.05) is 0 Å². The molecule has 0 radical (unpaired) electrons. The lowest BCUT2D eigenvalue weighted by Crippen LogP contribution is -2.24. The van der Waals surface area contributed by atoms with Crippen LogP contribution in [-0.2, 0) is 4.74 Å². The van der Waals surface area contributed by atoms with Gasteiger partial charge in [-0.1, -0.05) is 36.5 Å². The highest BCUT2D eigenvalue weighted by molar-refractivity contribution is 6.34. The van der Waals surface area contributed by atoms with Crippen molar-refractivity contribution in [1.82, 2.24) is 4.98 Å². The second kappa shape index (κ2) is 5.89. The molecule has 1 aromatic rings. The minimum Gasteiger partial charge on any atom is -0.459 e. The van der Waals surface area contributed by atoms with Crippen molar-refractivity contribution in [2.24, 2.45) is 5.92 Å². The van der Waals surface area contributed by atoms with Crippen molar-refractivity contribution in [1.29, 1.82) is 0 Å². The fraction of sp³-hybridized carbons (Fsp3) is 0.538. The second-order valence-corrected chi connectivity index (χ2v) is 5.58. The molecule has 0 N–H and O–H groups in total. The standard InChI is InChI=1S/C13H15Cl2NO2/c1-8-3-2-4-9(5-8)18-13(17)10-6-12(15)16-7-11(10)14/h6-9H,2-5H2,1H3. The molecular formula is C13H15Cl2NO2. The summed E-state index contributed by atoms with van der Waals surface area (Å²) in [7, 11) is 0. The number of carbonyl (C=O) groups excluding carboxylic acids is 1. The second-order valence-electron chi connectivity index (χ2n) is 4.79. The zero-order chi connectivity index (χ0) is 13.1. The minimum atomic E-state index is -0.414. The normalized spacial score (nSPS) is 23.7. The number of nitrogens with zero attached hydrogens (tertiary/aromatic N) is 1. The molecule has 0 spiro atoms. The van der Waals surface area contributed by atoms with Crippen LogP contribution in [0, 0.1) is 5.92 Å². The van der Waals surface area contributed by atoms with Gasteiger partial charge in [0.05, 0.1) is 10.6 Å². The van der Waals surface area contributed by atoms with Crippen LogP contribution < -0.4 is 0 Å². The quantitative estimate of drug-likeness (QED) is 0.607. The zero-order valence-electron chi connectivity index (χ0n) is 10.2. The molecule has 98 valence electrons. The summed E-state index contributed by atoms with van der Waals surface area (Å²) in [5.41, 5.74) is 0.287. The van der Waals surface area contributed by atoms with Gasteiger partial charge in [0, 0.05) is 6.20 Å². The summed E-state index contributed by atoms with van der Waals surface area (Å²) < 4.78 is 5.47. The Labute approximate surface area is 116 Å². The van der Waals surface area contributed by atoms with Gasteiger partial charge in [-0.2, -0.15) is 0 Å². The van der Waals surface area contributed by atoms with E-state index >= 15 is 0 Å². The largest absolute Gasteiger partial charge is 0.459 e. The molecule has 0 bridgehead atoms. The molecule has 3 nitrogen and oxygen atoms in total. The molecule has 1 aliphatic carbocycles. The summed E-state index contributed by atoms with van der Waals surface area (Å²) in [6.45, 7) is 2.18. The van der Waals surface area contributed by atoms with Crippen LogP contribution in [0.1, 0.15) is 43.0 Å². The highest BCUT2D eigenvalue weighted by atomic mass is 35.5. The van der Waals surface area contributed by atoms with E-state index in [1.165, 1.54) is 18.7 Å². The van der Waals surface area contributed by atoms with Crippen LogP contribution in [0.2, 0.25) is 10.2 Å². The van der Waals surface area contributed by atoms with Crippen molar-refractivity contribution in [3.05, 3.63) is 28.0 Å². The topological polar surface area (TPSA) is 39.2 Å². The molecule has 5 heteroatoms. The fourth-order valence-electron chi connectivity index (χ4n) is 2.27. The molecule has 2 unspecified atom stereocenters. The van der Waals surface area contributed by atoms with Gasteiger partial charge in [0.1, 0.15) is 11.3 Å². The van der Waals surface area contributed by atoms with Gasteiger partial charge < -0.3 is 4.74 Å². The third kappa shape index (κ3) is 3.36. The summed E-state index contributed by atoms with van der Waals surface area (Å²) in [6, 6.07) is 1.44. The van der Waals surface area contributed by atoms with E-state index in [9.17, 15) is 4.79 Å². The summed E-state index contributed by atoms with van der Waals surface area (Å²) in [5.74, 6) is 0.191. The molecule has 1 saturated carbocycles. The Kier molecular flexibility index (Phi) is 4.46. The lowest BCUT2D eigenvalue weighted by molar-refractivity contribution is 0.0155. The molecule has 0 aliphatic heterocycles. The number of carbonyl (C=O) groups is 1. The minimum absolute atomic E-state index is 0.00995. The Morgan fingerprint density at radius 2 is 2.22 bits per heavy atom. The van der Waals surface area contributed by atoms with Gasteiger partial charge in [-0.25, -0.2) is 9.78 Å². The van der Waals surface area contributed by atoms with Crippen LogP contribution in [0.3, 0.4) is 0 Å². The predicted molar refractivity (Wildman–Crippen MR) is 71.1 cm³/mol. The smallest absolute Gasteiger partial charge is 0.340 e. The lowest BCUT2D eigenvalue weighted by Gasteiger charge is -2.26. The number of esters is 1. The van der Waals surface area contributed by atoms with Crippen molar-refractivity contribution < 1.29 is 9.53 Å².